The van der Waals surface area contributed by atoms with Crippen molar-refractivity contribution in [1.82, 2.24) is 24.6 Å². The van der Waals surface area contributed by atoms with E-state index < -0.39 is 0 Å². The molecule has 6 heteroatoms. The van der Waals surface area contributed by atoms with Crippen LogP contribution in [0.4, 0.5) is 4.39 Å². The highest BCUT2D eigenvalue weighted by molar-refractivity contribution is 5.27. The lowest BCUT2D eigenvalue weighted by atomic mass is 9.95. The smallest absolute Gasteiger partial charge is 0.146 e. The first-order valence-electron chi connectivity index (χ1n) is 10.2. The Labute approximate surface area is 161 Å². The monoisotopic (exact) mass is 371 g/mol. The van der Waals surface area contributed by atoms with E-state index in [4.69, 9.17) is 0 Å². The van der Waals surface area contributed by atoms with Gasteiger partial charge in [0.15, 0.2) is 0 Å². The molecule has 2 fully saturated rings. The average molecular weight is 372 g/mol. The molecule has 2 aliphatic rings. The van der Waals surface area contributed by atoms with Crippen LogP contribution in [-0.4, -0.2) is 50.7 Å². The van der Waals surface area contributed by atoms with Crippen molar-refractivity contribution in [1.29, 1.82) is 0 Å². The summed E-state index contributed by atoms with van der Waals surface area (Å²) in [6.45, 7) is 8.03. The van der Waals surface area contributed by atoms with Crippen molar-refractivity contribution in [2.75, 3.05) is 26.2 Å². The van der Waals surface area contributed by atoms with Crippen molar-refractivity contribution in [3.05, 3.63) is 46.8 Å². The van der Waals surface area contributed by atoms with Gasteiger partial charge in [-0.3, -0.25) is 9.80 Å². The van der Waals surface area contributed by atoms with Crippen LogP contribution in [0.5, 0.6) is 0 Å². The van der Waals surface area contributed by atoms with Gasteiger partial charge < -0.3 is 4.57 Å². The van der Waals surface area contributed by atoms with Gasteiger partial charge in [0.25, 0.3) is 0 Å². The number of likely N-dealkylation sites (tertiary alicyclic amines) is 2. The van der Waals surface area contributed by atoms with E-state index in [1.54, 1.807) is 6.07 Å². The third kappa shape index (κ3) is 4.06. The first kappa shape index (κ1) is 18.6. The van der Waals surface area contributed by atoms with Crippen molar-refractivity contribution in [2.45, 2.75) is 51.6 Å². The van der Waals surface area contributed by atoms with Gasteiger partial charge in [0.1, 0.15) is 17.5 Å². The van der Waals surface area contributed by atoms with Crippen LogP contribution in [0, 0.1) is 12.7 Å². The maximum Gasteiger partial charge on any atom is 0.146 e. The summed E-state index contributed by atoms with van der Waals surface area (Å²) in [4.78, 5) is 4.90. The summed E-state index contributed by atoms with van der Waals surface area (Å²) in [7, 11) is 2.11. The molecule has 0 spiro atoms. The number of hydrogen-bond donors (Lipinski definition) is 0. The molecule has 0 N–H and O–H groups in total. The Bertz CT molecular complexity index is 773. The molecule has 3 heterocycles. The molecule has 0 unspecified atom stereocenters. The minimum absolute atomic E-state index is 0.105. The Kier molecular flexibility index (Phi) is 5.55. The molecule has 2 aromatic rings. The fourth-order valence-corrected chi connectivity index (χ4v) is 4.42. The van der Waals surface area contributed by atoms with E-state index in [2.05, 4.69) is 31.6 Å². The fourth-order valence-electron chi connectivity index (χ4n) is 4.42. The maximum atomic E-state index is 13.8. The summed E-state index contributed by atoms with van der Waals surface area (Å²) in [6.07, 6.45) is 4.77. The Morgan fingerprint density at radius 3 is 2.44 bits per heavy atom. The highest BCUT2D eigenvalue weighted by Gasteiger charge is 2.26. The summed E-state index contributed by atoms with van der Waals surface area (Å²) in [5, 5.41) is 9.01. The van der Waals surface area contributed by atoms with E-state index in [0.29, 0.717) is 5.92 Å². The van der Waals surface area contributed by atoms with Crippen LogP contribution in [0.1, 0.15) is 54.4 Å². The SMILES string of the molecule is Cc1c(F)cccc1CN1CCC(c2nnc(CN3CCCC3)n2C)CC1. The van der Waals surface area contributed by atoms with Gasteiger partial charge in [0, 0.05) is 19.5 Å². The number of hydrogen-bond acceptors (Lipinski definition) is 4. The summed E-state index contributed by atoms with van der Waals surface area (Å²) in [6, 6.07) is 5.39. The second kappa shape index (κ2) is 8.07. The van der Waals surface area contributed by atoms with Gasteiger partial charge in [-0.2, -0.15) is 0 Å². The number of halogens is 1. The zero-order valence-electron chi connectivity index (χ0n) is 16.5. The highest BCUT2D eigenvalue weighted by Crippen LogP contribution is 2.28. The molecule has 5 nitrogen and oxygen atoms in total. The predicted octanol–water partition coefficient (Wildman–Crippen LogP) is 3.24. The molecule has 0 aliphatic carbocycles. The van der Waals surface area contributed by atoms with Crippen molar-refractivity contribution in [2.24, 2.45) is 7.05 Å². The first-order chi connectivity index (χ1) is 13.1. The van der Waals surface area contributed by atoms with Gasteiger partial charge in [-0.25, -0.2) is 4.39 Å². The van der Waals surface area contributed by atoms with E-state index in [-0.39, 0.29) is 5.82 Å². The molecule has 0 atom stereocenters. The minimum Gasteiger partial charge on any atom is -0.317 e. The van der Waals surface area contributed by atoms with E-state index >= 15 is 0 Å². The molecule has 4 rings (SSSR count). The molecule has 146 valence electrons. The number of piperidine rings is 1. The van der Waals surface area contributed by atoms with Gasteiger partial charge in [0.05, 0.1) is 6.54 Å². The molecule has 0 radical (unpaired) electrons. The van der Waals surface area contributed by atoms with Crippen LogP contribution in [0.3, 0.4) is 0 Å². The first-order valence-corrected chi connectivity index (χ1v) is 10.2. The van der Waals surface area contributed by atoms with Gasteiger partial charge >= 0.3 is 0 Å². The highest BCUT2D eigenvalue weighted by atomic mass is 19.1. The van der Waals surface area contributed by atoms with Gasteiger partial charge in [0.2, 0.25) is 0 Å². The Morgan fingerprint density at radius 1 is 1.00 bits per heavy atom. The normalized spacial score (nSPS) is 19.8. The molecule has 0 saturated carbocycles. The summed E-state index contributed by atoms with van der Waals surface area (Å²) in [5.74, 6) is 2.59. The zero-order chi connectivity index (χ0) is 18.8. The van der Waals surface area contributed by atoms with E-state index in [9.17, 15) is 4.39 Å². The van der Waals surface area contributed by atoms with Crippen molar-refractivity contribution in [3.8, 4) is 0 Å². The van der Waals surface area contributed by atoms with Crippen LogP contribution >= 0.6 is 0 Å². The third-order valence-corrected chi connectivity index (χ3v) is 6.29. The minimum atomic E-state index is -0.105. The number of rotatable bonds is 5. The topological polar surface area (TPSA) is 37.2 Å². The molecule has 1 aromatic heterocycles. The Morgan fingerprint density at radius 2 is 1.70 bits per heavy atom. The standard InChI is InChI=1S/C21H30FN5/c1-16-18(6-5-7-19(16)22)14-27-12-8-17(9-13-27)21-24-23-20(25(21)2)15-26-10-3-4-11-26/h5-7,17H,3-4,8-15H2,1-2H3. The number of aromatic nitrogens is 3. The van der Waals surface area contributed by atoms with E-state index in [1.807, 2.05) is 19.1 Å². The van der Waals surface area contributed by atoms with Crippen molar-refractivity contribution < 1.29 is 4.39 Å². The van der Waals surface area contributed by atoms with E-state index in [1.165, 1.54) is 25.9 Å². The Hall–Kier alpha value is -1.79. The number of benzene rings is 1. The molecular formula is C21H30FN5. The fraction of sp³-hybridized carbons (Fsp3) is 0.619. The lowest BCUT2D eigenvalue weighted by molar-refractivity contribution is 0.199. The molecule has 0 bridgehead atoms. The number of nitrogens with zero attached hydrogens (tertiary/aromatic N) is 5. The quantitative estimate of drug-likeness (QED) is 0.809. The third-order valence-electron chi connectivity index (χ3n) is 6.29. The lowest BCUT2D eigenvalue weighted by Gasteiger charge is -2.31. The summed E-state index contributed by atoms with van der Waals surface area (Å²) in [5.41, 5.74) is 1.87. The molecule has 27 heavy (non-hydrogen) atoms. The molecule has 0 amide bonds. The van der Waals surface area contributed by atoms with E-state index in [0.717, 1.165) is 61.8 Å². The van der Waals surface area contributed by atoms with Crippen LogP contribution in [0.25, 0.3) is 0 Å². The predicted molar refractivity (Wildman–Crippen MR) is 104 cm³/mol. The molecule has 1 aromatic carbocycles. The zero-order valence-corrected chi connectivity index (χ0v) is 16.5. The second-order valence-electron chi connectivity index (χ2n) is 8.09. The second-order valence-corrected chi connectivity index (χ2v) is 8.09. The van der Waals surface area contributed by atoms with Crippen LogP contribution in [0.15, 0.2) is 18.2 Å². The Balaban J connectivity index is 1.35. The molecule has 2 aliphatic heterocycles. The van der Waals surface area contributed by atoms with Crippen LogP contribution < -0.4 is 0 Å². The van der Waals surface area contributed by atoms with Crippen molar-refractivity contribution in [3.63, 3.8) is 0 Å². The average Bonchev–Trinajstić information content (AvgIpc) is 3.31. The lowest BCUT2D eigenvalue weighted by Crippen LogP contribution is -2.33. The largest absolute Gasteiger partial charge is 0.317 e. The van der Waals surface area contributed by atoms with Crippen LogP contribution in [0.2, 0.25) is 0 Å². The van der Waals surface area contributed by atoms with Gasteiger partial charge in [-0.1, -0.05) is 12.1 Å². The van der Waals surface area contributed by atoms with Gasteiger partial charge in [-0.15, -0.1) is 10.2 Å². The summed E-state index contributed by atoms with van der Waals surface area (Å²) >= 11 is 0. The van der Waals surface area contributed by atoms with Crippen LogP contribution in [-0.2, 0) is 20.1 Å². The molecule has 2 saturated heterocycles. The molecular weight excluding hydrogens is 341 g/mol. The van der Waals surface area contributed by atoms with Gasteiger partial charge in [-0.05, 0) is 76.0 Å². The summed E-state index contributed by atoms with van der Waals surface area (Å²) < 4.78 is 16.0. The maximum absolute atomic E-state index is 13.8. The van der Waals surface area contributed by atoms with Crippen molar-refractivity contribution >= 4 is 0 Å².